The fraction of sp³-hybridized carbons (Fsp3) is 0.250. The van der Waals surface area contributed by atoms with Crippen LogP contribution < -0.4 is 4.74 Å². The predicted octanol–water partition coefficient (Wildman–Crippen LogP) is 2.83. The first-order valence-corrected chi connectivity index (χ1v) is 5.50. The van der Waals surface area contributed by atoms with Crippen LogP contribution in [0.1, 0.15) is 5.82 Å². The number of halogens is 1. The molecule has 0 radical (unpaired) electrons. The van der Waals surface area contributed by atoms with Crippen LogP contribution >= 0.6 is 11.6 Å². The SMILES string of the molecule is COc1cccc(-c2cn(C)c(CCl)n2)c1. The molecule has 0 aliphatic carbocycles. The zero-order valence-electron chi connectivity index (χ0n) is 9.27. The monoisotopic (exact) mass is 236 g/mol. The molecule has 16 heavy (non-hydrogen) atoms. The molecule has 0 bridgehead atoms. The second-order valence-electron chi connectivity index (χ2n) is 3.52. The van der Waals surface area contributed by atoms with Crippen molar-refractivity contribution in [1.82, 2.24) is 9.55 Å². The van der Waals surface area contributed by atoms with Crippen LogP contribution in [-0.2, 0) is 12.9 Å². The minimum Gasteiger partial charge on any atom is -0.497 e. The van der Waals surface area contributed by atoms with Crippen molar-refractivity contribution in [3.8, 4) is 17.0 Å². The molecule has 2 rings (SSSR count). The Morgan fingerprint density at radius 1 is 1.44 bits per heavy atom. The normalized spacial score (nSPS) is 10.4. The van der Waals surface area contributed by atoms with Crippen molar-refractivity contribution in [2.75, 3.05) is 7.11 Å². The number of alkyl halides is 1. The highest BCUT2D eigenvalue weighted by atomic mass is 35.5. The maximum atomic E-state index is 5.78. The van der Waals surface area contributed by atoms with Gasteiger partial charge in [0, 0.05) is 18.8 Å². The fourth-order valence-corrected chi connectivity index (χ4v) is 1.80. The van der Waals surface area contributed by atoms with E-state index in [0.717, 1.165) is 22.8 Å². The third-order valence-electron chi connectivity index (χ3n) is 2.46. The Labute approximate surface area is 99.6 Å². The fourth-order valence-electron chi connectivity index (χ4n) is 1.55. The standard InChI is InChI=1S/C12H13ClN2O/c1-15-8-11(14-12(15)7-13)9-4-3-5-10(6-9)16-2/h3-6,8H,7H2,1-2H3. The van der Waals surface area contributed by atoms with Gasteiger partial charge in [-0.15, -0.1) is 11.6 Å². The highest BCUT2D eigenvalue weighted by Gasteiger charge is 2.06. The summed E-state index contributed by atoms with van der Waals surface area (Å²) in [6.07, 6.45) is 1.96. The Bertz CT molecular complexity index is 494. The Hall–Kier alpha value is -1.48. The summed E-state index contributed by atoms with van der Waals surface area (Å²) in [5.74, 6) is 2.11. The van der Waals surface area contributed by atoms with Crippen molar-refractivity contribution in [1.29, 1.82) is 0 Å². The largest absolute Gasteiger partial charge is 0.497 e. The van der Waals surface area contributed by atoms with Gasteiger partial charge in [-0.05, 0) is 12.1 Å². The van der Waals surface area contributed by atoms with Crippen LogP contribution in [0.25, 0.3) is 11.3 Å². The van der Waals surface area contributed by atoms with Crippen molar-refractivity contribution in [3.05, 3.63) is 36.3 Å². The van der Waals surface area contributed by atoms with E-state index in [4.69, 9.17) is 16.3 Å². The van der Waals surface area contributed by atoms with Crippen molar-refractivity contribution in [2.45, 2.75) is 5.88 Å². The van der Waals surface area contributed by atoms with E-state index in [1.165, 1.54) is 0 Å². The number of hydrogen-bond donors (Lipinski definition) is 0. The zero-order valence-corrected chi connectivity index (χ0v) is 10.0. The number of aryl methyl sites for hydroxylation is 1. The highest BCUT2D eigenvalue weighted by Crippen LogP contribution is 2.23. The Morgan fingerprint density at radius 3 is 2.88 bits per heavy atom. The Kier molecular flexibility index (Phi) is 3.15. The minimum absolute atomic E-state index is 0.417. The van der Waals surface area contributed by atoms with E-state index in [9.17, 15) is 0 Å². The molecule has 84 valence electrons. The summed E-state index contributed by atoms with van der Waals surface area (Å²) in [6, 6.07) is 7.82. The molecule has 0 atom stereocenters. The molecule has 0 unspecified atom stereocenters. The number of methoxy groups -OCH3 is 1. The summed E-state index contributed by atoms with van der Waals surface area (Å²) in [7, 11) is 3.59. The molecular weight excluding hydrogens is 224 g/mol. The molecule has 0 N–H and O–H groups in total. The molecule has 0 saturated carbocycles. The van der Waals surface area contributed by atoms with Crippen molar-refractivity contribution in [3.63, 3.8) is 0 Å². The first kappa shape index (κ1) is 11.0. The summed E-state index contributed by atoms with van der Waals surface area (Å²) in [4.78, 5) is 4.45. The molecule has 2 aromatic rings. The van der Waals surface area contributed by atoms with Gasteiger partial charge in [-0.3, -0.25) is 0 Å². The molecule has 1 aromatic heterocycles. The molecule has 0 spiro atoms. The second kappa shape index (κ2) is 4.58. The maximum absolute atomic E-state index is 5.78. The molecule has 3 nitrogen and oxygen atoms in total. The molecule has 1 heterocycles. The lowest BCUT2D eigenvalue weighted by Crippen LogP contribution is -1.91. The third kappa shape index (κ3) is 2.04. The first-order valence-electron chi connectivity index (χ1n) is 4.97. The number of nitrogens with zero attached hydrogens (tertiary/aromatic N) is 2. The van der Waals surface area contributed by atoms with Gasteiger partial charge in [-0.25, -0.2) is 4.98 Å². The van der Waals surface area contributed by atoms with Crippen molar-refractivity contribution >= 4 is 11.6 Å². The van der Waals surface area contributed by atoms with Gasteiger partial charge in [-0.1, -0.05) is 12.1 Å². The van der Waals surface area contributed by atoms with E-state index >= 15 is 0 Å². The minimum atomic E-state index is 0.417. The number of rotatable bonds is 3. The average Bonchev–Trinajstić information content (AvgIpc) is 2.71. The van der Waals surface area contributed by atoms with Crippen LogP contribution in [0.2, 0.25) is 0 Å². The van der Waals surface area contributed by atoms with Crippen LogP contribution in [0, 0.1) is 0 Å². The lowest BCUT2D eigenvalue weighted by Gasteiger charge is -2.01. The molecule has 4 heteroatoms. The molecule has 0 amide bonds. The van der Waals surface area contributed by atoms with Gasteiger partial charge in [0.05, 0.1) is 18.7 Å². The first-order chi connectivity index (χ1) is 7.74. The highest BCUT2D eigenvalue weighted by molar-refractivity contribution is 6.16. The van der Waals surface area contributed by atoms with Gasteiger partial charge in [0.1, 0.15) is 11.6 Å². The summed E-state index contributed by atoms with van der Waals surface area (Å²) in [6.45, 7) is 0. The van der Waals surface area contributed by atoms with E-state index < -0.39 is 0 Å². The van der Waals surface area contributed by atoms with E-state index in [0.29, 0.717) is 5.88 Å². The van der Waals surface area contributed by atoms with Crippen LogP contribution in [0.5, 0.6) is 5.75 Å². The molecule has 0 aliphatic heterocycles. The van der Waals surface area contributed by atoms with E-state index in [-0.39, 0.29) is 0 Å². The second-order valence-corrected chi connectivity index (χ2v) is 3.79. The lowest BCUT2D eigenvalue weighted by molar-refractivity contribution is 0.415. The predicted molar refractivity (Wildman–Crippen MR) is 64.8 cm³/mol. The van der Waals surface area contributed by atoms with E-state index in [1.54, 1.807) is 7.11 Å². The number of ether oxygens (including phenoxy) is 1. The van der Waals surface area contributed by atoms with Crippen LogP contribution in [0.4, 0.5) is 0 Å². The Balaban J connectivity index is 2.41. The summed E-state index contributed by atoms with van der Waals surface area (Å²) < 4.78 is 7.11. The zero-order chi connectivity index (χ0) is 11.5. The van der Waals surface area contributed by atoms with Crippen LogP contribution in [-0.4, -0.2) is 16.7 Å². The van der Waals surface area contributed by atoms with E-state index in [1.807, 2.05) is 42.1 Å². The van der Waals surface area contributed by atoms with E-state index in [2.05, 4.69) is 4.98 Å². The number of hydrogen-bond acceptors (Lipinski definition) is 2. The molecule has 1 aromatic carbocycles. The Morgan fingerprint density at radius 2 is 2.25 bits per heavy atom. The lowest BCUT2D eigenvalue weighted by atomic mass is 10.1. The van der Waals surface area contributed by atoms with Gasteiger partial charge in [0.15, 0.2) is 0 Å². The summed E-state index contributed by atoms with van der Waals surface area (Å²) >= 11 is 5.78. The summed E-state index contributed by atoms with van der Waals surface area (Å²) in [5.41, 5.74) is 1.95. The van der Waals surface area contributed by atoms with Gasteiger partial charge in [-0.2, -0.15) is 0 Å². The third-order valence-corrected chi connectivity index (χ3v) is 2.70. The number of imidazole rings is 1. The van der Waals surface area contributed by atoms with Gasteiger partial charge >= 0.3 is 0 Å². The average molecular weight is 237 g/mol. The summed E-state index contributed by atoms with van der Waals surface area (Å²) in [5, 5.41) is 0. The quantitative estimate of drug-likeness (QED) is 0.767. The smallest absolute Gasteiger partial charge is 0.124 e. The van der Waals surface area contributed by atoms with Gasteiger partial charge < -0.3 is 9.30 Å². The number of benzene rings is 1. The topological polar surface area (TPSA) is 27.1 Å². The van der Waals surface area contributed by atoms with Gasteiger partial charge in [0.25, 0.3) is 0 Å². The maximum Gasteiger partial charge on any atom is 0.124 e. The van der Waals surface area contributed by atoms with Crippen molar-refractivity contribution < 1.29 is 4.74 Å². The molecule has 0 saturated heterocycles. The van der Waals surface area contributed by atoms with Crippen molar-refractivity contribution in [2.24, 2.45) is 7.05 Å². The van der Waals surface area contributed by atoms with Crippen LogP contribution in [0.15, 0.2) is 30.5 Å². The molecule has 0 fully saturated rings. The molecular formula is C12H13ClN2O. The van der Waals surface area contributed by atoms with Gasteiger partial charge in [0.2, 0.25) is 0 Å². The molecule has 0 aliphatic rings. The van der Waals surface area contributed by atoms with Crippen LogP contribution in [0.3, 0.4) is 0 Å². The number of aromatic nitrogens is 2.